The van der Waals surface area contributed by atoms with E-state index in [1.165, 1.54) is 7.11 Å². The fourth-order valence-corrected chi connectivity index (χ4v) is 6.01. The first-order valence-electron chi connectivity index (χ1n) is 16.7. The molecule has 52 heavy (non-hydrogen) atoms. The summed E-state index contributed by atoms with van der Waals surface area (Å²) >= 11 is 0. The van der Waals surface area contributed by atoms with E-state index >= 15 is 0 Å². The van der Waals surface area contributed by atoms with Gasteiger partial charge < -0.3 is 39.8 Å². The summed E-state index contributed by atoms with van der Waals surface area (Å²) in [5.41, 5.74) is 10.0. The number of fused-ring (bicyclic) bond motifs is 1. The van der Waals surface area contributed by atoms with Crippen LogP contribution in [0.3, 0.4) is 0 Å². The third-order valence-electron chi connectivity index (χ3n) is 9.06. The number of para-hydroxylation sites is 1. The van der Waals surface area contributed by atoms with Crippen molar-refractivity contribution in [1.29, 1.82) is 0 Å². The molecule has 0 unspecified atom stereocenters. The van der Waals surface area contributed by atoms with E-state index in [0.29, 0.717) is 58.4 Å². The lowest BCUT2D eigenvalue weighted by Gasteiger charge is -2.32. The summed E-state index contributed by atoms with van der Waals surface area (Å²) in [6.07, 6.45) is 3.05. The van der Waals surface area contributed by atoms with Gasteiger partial charge in [-0.25, -0.2) is 4.98 Å². The Morgan fingerprint density at radius 3 is 2.35 bits per heavy atom. The molecule has 1 saturated heterocycles. The third-order valence-corrected chi connectivity index (χ3v) is 9.06. The molecule has 2 heterocycles. The molecule has 1 aliphatic rings. The number of unbranched alkanes of at least 4 members (excludes halogenated alkanes) is 2. The van der Waals surface area contributed by atoms with Crippen molar-refractivity contribution >= 4 is 77.4 Å². The number of halogens is 3. The van der Waals surface area contributed by atoms with E-state index < -0.39 is 0 Å². The highest BCUT2D eigenvalue weighted by Crippen LogP contribution is 2.32. The summed E-state index contributed by atoms with van der Waals surface area (Å²) < 4.78 is 13.6. The van der Waals surface area contributed by atoms with Gasteiger partial charge in [-0.3, -0.25) is 14.4 Å². The molecule has 0 atom stereocenters. The number of nitrogens with one attached hydrogen (secondary N) is 1. The molecule has 3 amide bonds. The third kappa shape index (κ3) is 10.3. The van der Waals surface area contributed by atoms with Gasteiger partial charge in [0.05, 0.1) is 42.7 Å². The molecule has 284 valence electrons. The first-order valence-corrected chi connectivity index (χ1v) is 16.7. The maximum absolute atomic E-state index is 13.7. The van der Waals surface area contributed by atoms with Crippen molar-refractivity contribution in [3.05, 3.63) is 77.1 Å². The molecular formula is C37H50Cl3N7O5. The first kappa shape index (κ1) is 44.1. The number of anilines is 2. The second-order valence-electron chi connectivity index (χ2n) is 12.5. The maximum atomic E-state index is 13.7. The van der Waals surface area contributed by atoms with Crippen LogP contribution in [-0.2, 0) is 18.4 Å². The lowest BCUT2D eigenvalue weighted by atomic mass is 10.1. The number of benzene rings is 3. The van der Waals surface area contributed by atoms with Crippen molar-refractivity contribution in [2.45, 2.75) is 39.2 Å². The minimum absolute atomic E-state index is 0. The van der Waals surface area contributed by atoms with Crippen LogP contribution < -0.4 is 25.4 Å². The monoisotopic (exact) mass is 777 g/mol. The van der Waals surface area contributed by atoms with Gasteiger partial charge >= 0.3 is 0 Å². The van der Waals surface area contributed by atoms with E-state index in [2.05, 4.69) is 22.2 Å². The number of imidazole rings is 1. The van der Waals surface area contributed by atoms with Crippen LogP contribution in [0.4, 0.5) is 11.4 Å². The first-order chi connectivity index (χ1) is 23.6. The number of methoxy groups -OCH3 is 1. The fourth-order valence-electron chi connectivity index (χ4n) is 6.01. The highest BCUT2D eigenvalue weighted by atomic mass is 35.5. The van der Waals surface area contributed by atoms with Gasteiger partial charge in [-0.15, -0.1) is 37.2 Å². The zero-order chi connectivity index (χ0) is 35.1. The SMILES string of the molecule is COc1cc(C(=O)N(C)c2ccc(C)cc2OCCCCCC(=O)N2CCN(C)CC2)ccc1NC(=O)c1cccc2c1nc(CN)n2C.Cl.Cl.Cl. The van der Waals surface area contributed by atoms with Crippen molar-refractivity contribution in [1.82, 2.24) is 19.4 Å². The number of hydrogen-bond acceptors (Lipinski definition) is 8. The quantitative estimate of drug-likeness (QED) is 0.161. The van der Waals surface area contributed by atoms with E-state index in [1.807, 2.05) is 47.7 Å². The molecule has 0 spiro atoms. The molecule has 0 saturated carbocycles. The summed E-state index contributed by atoms with van der Waals surface area (Å²) in [5.74, 6) is 1.24. The Morgan fingerprint density at radius 1 is 0.923 bits per heavy atom. The second kappa shape index (κ2) is 20.2. The van der Waals surface area contributed by atoms with Crippen LogP contribution in [0.25, 0.3) is 11.0 Å². The number of aryl methyl sites for hydroxylation is 2. The summed E-state index contributed by atoms with van der Waals surface area (Å²) in [6.45, 7) is 6.15. The zero-order valence-electron chi connectivity index (χ0n) is 30.3. The maximum Gasteiger partial charge on any atom is 0.258 e. The van der Waals surface area contributed by atoms with E-state index in [4.69, 9.17) is 15.2 Å². The Bertz CT molecular complexity index is 1830. The van der Waals surface area contributed by atoms with Gasteiger partial charge in [0.15, 0.2) is 0 Å². The van der Waals surface area contributed by atoms with Crippen molar-refractivity contribution in [3.8, 4) is 11.5 Å². The molecule has 1 fully saturated rings. The predicted octanol–water partition coefficient (Wildman–Crippen LogP) is 5.86. The summed E-state index contributed by atoms with van der Waals surface area (Å²) in [4.78, 5) is 49.9. The van der Waals surface area contributed by atoms with Crippen LogP contribution in [-0.4, -0.2) is 91.1 Å². The molecule has 0 aliphatic carbocycles. The molecule has 4 aromatic rings. The minimum Gasteiger partial charge on any atom is -0.495 e. The number of hydrogen-bond donors (Lipinski definition) is 2. The second-order valence-corrected chi connectivity index (χ2v) is 12.5. The largest absolute Gasteiger partial charge is 0.495 e. The summed E-state index contributed by atoms with van der Waals surface area (Å²) in [7, 11) is 7.14. The predicted molar refractivity (Wildman–Crippen MR) is 213 cm³/mol. The number of carbonyl (C=O) groups excluding carboxylic acids is 3. The number of likely N-dealkylation sites (N-methyl/N-ethyl adjacent to an activating group) is 1. The van der Waals surface area contributed by atoms with Gasteiger partial charge in [0.1, 0.15) is 22.8 Å². The number of carbonyl (C=O) groups is 3. The van der Waals surface area contributed by atoms with Crippen LogP contribution in [0.5, 0.6) is 11.5 Å². The smallest absolute Gasteiger partial charge is 0.258 e. The fraction of sp³-hybridized carbons (Fsp3) is 0.405. The Kier molecular flexibility index (Phi) is 17.2. The van der Waals surface area contributed by atoms with E-state index in [9.17, 15) is 14.4 Å². The Hall–Kier alpha value is -4.07. The molecule has 3 N–H and O–H groups in total. The summed E-state index contributed by atoms with van der Waals surface area (Å²) in [6, 6.07) is 16.1. The molecular weight excluding hydrogens is 729 g/mol. The normalized spacial score (nSPS) is 12.6. The standard InChI is InChI=1S/C37H47N7O5.3ClH/c1-25-13-16-29(32(22-25)49-21-8-6-7-12-34(45)44-19-17-41(2)18-20-44)43(4)37(47)26-14-15-28(31(23-26)48-5)39-36(46)27-10-9-11-30-35(27)40-33(24-38)42(30)3;;;/h9-11,13-16,22-23H,6-8,12,17-21,24,38H2,1-5H3,(H,39,46);3*1H. The lowest BCUT2D eigenvalue weighted by molar-refractivity contribution is -0.132. The van der Waals surface area contributed by atoms with Crippen molar-refractivity contribution in [3.63, 3.8) is 0 Å². The molecule has 0 bridgehead atoms. The number of nitrogens with zero attached hydrogens (tertiary/aromatic N) is 5. The van der Waals surface area contributed by atoms with Gasteiger partial charge in [0, 0.05) is 52.3 Å². The van der Waals surface area contributed by atoms with Gasteiger partial charge in [0.25, 0.3) is 11.8 Å². The molecule has 1 aromatic heterocycles. The van der Waals surface area contributed by atoms with Crippen molar-refractivity contribution in [2.75, 3.05) is 64.2 Å². The number of ether oxygens (including phenoxy) is 2. The number of amides is 3. The van der Waals surface area contributed by atoms with Crippen LogP contribution in [0.15, 0.2) is 54.6 Å². The average molecular weight is 779 g/mol. The van der Waals surface area contributed by atoms with Crippen molar-refractivity contribution in [2.24, 2.45) is 12.8 Å². The Balaban J connectivity index is 0.00000312. The molecule has 5 rings (SSSR count). The highest BCUT2D eigenvalue weighted by molar-refractivity contribution is 6.12. The van der Waals surface area contributed by atoms with E-state index in [-0.39, 0.29) is 61.5 Å². The lowest BCUT2D eigenvalue weighted by Crippen LogP contribution is -2.47. The number of rotatable bonds is 13. The van der Waals surface area contributed by atoms with Crippen LogP contribution >= 0.6 is 37.2 Å². The number of piperazine rings is 1. The number of nitrogens with two attached hydrogens (primary N) is 1. The molecule has 12 nitrogen and oxygen atoms in total. The Labute approximate surface area is 324 Å². The van der Waals surface area contributed by atoms with Gasteiger partial charge in [-0.1, -0.05) is 12.1 Å². The van der Waals surface area contributed by atoms with Crippen LogP contribution in [0, 0.1) is 6.92 Å². The van der Waals surface area contributed by atoms with Gasteiger partial charge in [-0.2, -0.15) is 0 Å². The average Bonchev–Trinajstić information content (AvgIpc) is 3.44. The molecule has 3 aromatic carbocycles. The minimum atomic E-state index is -0.357. The molecule has 1 aliphatic heterocycles. The topological polar surface area (TPSA) is 135 Å². The van der Waals surface area contributed by atoms with Gasteiger partial charge in [-0.05, 0) is 81.3 Å². The Morgan fingerprint density at radius 2 is 1.65 bits per heavy atom. The molecule has 0 radical (unpaired) electrons. The number of aromatic nitrogens is 2. The van der Waals surface area contributed by atoms with Crippen molar-refractivity contribution < 1.29 is 23.9 Å². The summed E-state index contributed by atoms with van der Waals surface area (Å²) in [5, 5.41) is 2.91. The van der Waals surface area contributed by atoms with E-state index in [0.717, 1.165) is 56.5 Å². The molecule has 15 heteroatoms. The van der Waals surface area contributed by atoms with E-state index in [1.54, 1.807) is 42.3 Å². The highest BCUT2D eigenvalue weighted by Gasteiger charge is 2.22. The zero-order valence-corrected chi connectivity index (χ0v) is 32.8. The van der Waals surface area contributed by atoms with Gasteiger partial charge in [0.2, 0.25) is 5.91 Å². The van der Waals surface area contributed by atoms with Crippen LogP contribution in [0.2, 0.25) is 0 Å². The van der Waals surface area contributed by atoms with Crippen LogP contribution in [0.1, 0.15) is 57.8 Å².